The van der Waals surface area contributed by atoms with Crippen LogP contribution in [0.4, 0.5) is 0 Å². The van der Waals surface area contributed by atoms with Gasteiger partial charge in [-0.25, -0.2) is 0 Å². The second-order valence-corrected chi connectivity index (χ2v) is 6.12. The summed E-state index contributed by atoms with van der Waals surface area (Å²) in [5, 5.41) is 3.39. The van der Waals surface area contributed by atoms with Crippen LogP contribution in [0.5, 0.6) is 0 Å². The van der Waals surface area contributed by atoms with Crippen LogP contribution in [0, 0.1) is 0 Å². The lowest BCUT2D eigenvalue weighted by Crippen LogP contribution is -2.44. The topological polar surface area (TPSA) is 35.6 Å². The molecule has 0 bridgehead atoms. The van der Waals surface area contributed by atoms with Crippen LogP contribution in [0.3, 0.4) is 0 Å². The summed E-state index contributed by atoms with van der Waals surface area (Å²) in [5.74, 6) is 0.259. The SMILES string of the molecule is O=C1C(c2ccccc2)NCN1C1CCN2CCCC12. The summed E-state index contributed by atoms with van der Waals surface area (Å²) in [4.78, 5) is 17.4. The Labute approximate surface area is 119 Å². The van der Waals surface area contributed by atoms with E-state index in [4.69, 9.17) is 0 Å². The van der Waals surface area contributed by atoms with Gasteiger partial charge in [-0.1, -0.05) is 30.3 Å². The number of hydrogen-bond acceptors (Lipinski definition) is 3. The van der Waals surface area contributed by atoms with Crippen molar-refractivity contribution >= 4 is 5.91 Å². The maximum absolute atomic E-state index is 12.7. The van der Waals surface area contributed by atoms with Gasteiger partial charge in [0, 0.05) is 18.6 Å². The third-order valence-corrected chi connectivity index (χ3v) is 5.10. The lowest BCUT2D eigenvalue weighted by atomic mass is 10.0. The lowest BCUT2D eigenvalue weighted by Gasteiger charge is -2.28. The van der Waals surface area contributed by atoms with Gasteiger partial charge in [-0.2, -0.15) is 0 Å². The molecule has 0 saturated carbocycles. The molecule has 0 aromatic heterocycles. The van der Waals surface area contributed by atoms with E-state index in [1.54, 1.807) is 0 Å². The molecule has 1 N–H and O–H groups in total. The Kier molecular flexibility index (Phi) is 3.00. The molecule has 3 aliphatic rings. The molecular formula is C16H21N3O. The Morgan fingerprint density at radius 2 is 1.90 bits per heavy atom. The normalized spacial score (nSPS) is 33.9. The van der Waals surface area contributed by atoms with Crippen LogP contribution in [0.25, 0.3) is 0 Å². The third-order valence-electron chi connectivity index (χ3n) is 5.10. The molecule has 106 valence electrons. The van der Waals surface area contributed by atoms with Crippen molar-refractivity contribution in [2.24, 2.45) is 0 Å². The molecule has 0 aliphatic carbocycles. The van der Waals surface area contributed by atoms with Gasteiger partial charge in [0.15, 0.2) is 0 Å². The zero-order valence-electron chi connectivity index (χ0n) is 11.7. The van der Waals surface area contributed by atoms with Crippen molar-refractivity contribution in [2.75, 3.05) is 19.8 Å². The molecule has 3 atom stereocenters. The smallest absolute Gasteiger partial charge is 0.245 e. The number of fused-ring (bicyclic) bond motifs is 1. The van der Waals surface area contributed by atoms with Crippen LogP contribution in [-0.2, 0) is 4.79 Å². The average Bonchev–Trinajstić information content (AvgIpc) is 3.15. The highest BCUT2D eigenvalue weighted by atomic mass is 16.2. The van der Waals surface area contributed by atoms with Gasteiger partial charge in [-0.3, -0.25) is 15.0 Å². The Morgan fingerprint density at radius 1 is 1.05 bits per heavy atom. The molecule has 4 rings (SSSR count). The fourth-order valence-electron chi connectivity index (χ4n) is 4.13. The summed E-state index contributed by atoms with van der Waals surface area (Å²) < 4.78 is 0. The first kappa shape index (κ1) is 12.4. The molecule has 0 spiro atoms. The van der Waals surface area contributed by atoms with Crippen LogP contribution in [-0.4, -0.2) is 47.5 Å². The Morgan fingerprint density at radius 3 is 2.75 bits per heavy atom. The monoisotopic (exact) mass is 271 g/mol. The Balaban J connectivity index is 1.53. The van der Waals surface area contributed by atoms with Gasteiger partial charge >= 0.3 is 0 Å². The van der Waals surface area contributed by atoms with Gasteiger partial charge in [0.1, 0.15) is 6.04 Å². The van der Waals surface area contributed by atoms with E-state index in [1.165, 1.54) is 19.4 Å². The van der Waals surface area contributed by atoms with E-state index in [9.17, 15) is 4.79 Å². The predicted molar refractivity (Wildman–Crippen MR) is 77.0 cm³/mol. The van der Waals surface area contributed by atoms with Crippen molar-refractivity contribution in [3.8, 4) is 0 Å². The van der Waals surface area contributed by atoms with E-state index in [1.807, 2.05) is 30.3 Å². The zero-order valence-corrected chi connectivity index (χ0v) is 11.7. The molecule has 20 heavy (non-hydrogen) atoms. The van der Waals surface area contributed by atoms with Crippen LogP contribution in [0.1, 0.15) is 30.9 Å². The lowest BCUT2D eigenvalue weighted by molar-refractivity contribution is -0.131. The first-order valence-corrected chi connectivity index (χ1v) is 7.67. The highest BCUT2D eigenvalue weighted by Crippen LogP contribution is 2.34. The first-order valence-electron chi connectivity index (χ1n) is 7.67. The molecule has 1 aromatic rings. The minimum Gasteiger partial charge on any atom is -0.324 e. The highest BCUT2D eigenvalue weighted by Gasteiger charge is 2.45. The molecule has 4 nitrogen and oxygen atoms in total. The maximum Gasteiger partial charge on any atom is 0.245 e. The molecule has 3 fully saturated rings. The van der Waals surface area contributed by atoms with Gasteiger partial charge in [0.2, 0.25) is 5.91 Å². The van der Waals surface area contributed by atoms with Crippen LogP contribution >= 0.6 is 0 Å². The number of hydrogen-bond donors (Lipinski definition) is 1. The van der Waals surface area contributed by atoms with Crippen LogP contribution < -0.4 is 5.32 Å². The molecule has 4 heteroatoms. The van der Waals surface area contributed by atoms with Crippen molar-refractivity contribution in [3.63, 3.8) is 0 Å². The molecule has 1 amide bonds. The summed E-state index contributed by atoms with van der Waals surface area (Å²) in [5.41, 5.74) is 1.08. The van der Waals surface area contributed by atoms with E-state index in [-0.39, 0.29) is 11.9 Å². The molecule has 3 saturated heterocycles. The molecule has 3 unspecified atom stereocenters. The van der Waals surface area contributed by atoms with Gasteiger partial charge < -0.3 is 4.90 Å². The Hall–Kier alpha value is -1.39. The number of amides is 1. The van der Waals surface area contributed by atoms with Gasteiger partial charge in [-0.15, -0.1) is 0 Å². The summed E-state index contributed by atoms with van der Waals surface area (Å²) in [7, 11) is 0. The van der Waals surface area contributed by atoms with Crippen molar-refractivity contribution in [1.82, 2.24) is 15.1 Å². The summed E-state index contributed by atoms with van der Waals surface area (Å²) >= 11 is 0. The van der Waals surface area contributed by atoms with Crippen molar-refractivity contribution in [1.29, 1.82) is 0 Å². The standard InChI is InChI=1S/C16H21N3O/c20-16-15(12-5-2-1-3-6-12)17-11-19(16)14-8-10-18-9-4-7-13(14)18/h1-3,5-6,13-15,17H,4,7-11H2. The molecule has 0 radical (unpaired) electrons. The van der Waals surface area contributed by atoms with E-state index in [0.717, 1.165) is 18.5 Å². The molecule has 1 aromatic carbocycles. The first-order chi connectivity index (χ1) is 9.84. The van der Waals surface area contributed by atoms with Gasteiger partial charge in [-0.05, 0) is 31.4 Å². The number of nitrogens with zero attached hydrogens (tertiary/aromatic N) is 2. The fraction of sp³-hybridized carbons (Fsp3) is 0.562. The summed E-state index contributed by atoms with van der Waals surface area (Å²) in [6.07, 6.45) is 3.68. The largest absolute Gasteiger partial charge is 0.324 e. The fourth-order valence-corrected chi connectivity index (χ4v) is 4.13. The molecular weight excluding hydrogens is 250 g/mol. The number of rotatable bonds is 2. The second-order valence-electron chi connectivity index (χ2n) is 6.12. The summed E-state index contributed by atoms with van der Waals surface area (Å²) in [6.45, 7) is 3.08. The number of nitrogens with one attached hydrogen (secondary N) is 1. The minimum absolute atomic E-state index is 0.147. The number of benzene rings is 1. The second kappa shape index (κ2) is 4.86. The predicted octanol–water partition coefficient (Wildman–Crippen LogP) is 1.35. The van der Waals surface area contributed by atoms with Gasteiger partial charge in [0.25, 0.3) is 0 Å². The zero-order chi connectivity index (χ0) is 13.5. The minimum atomic E-state index is -0.147. The molecule has 3 heterocycles. The van der Waals surface area contributed by atoms with Crippen molar-refractivity contribution < 1.29 is 4.79 Å². The van der Waals surface area contributed by atoms with E-state index in [0.29, 0.717) is 18.8 Å². The van der Waals surface area contributed by atoms with E-state index in [2.05, 4.69) is 15.1 Å². The quantitative estimate of drug-likeness (QED) is 0.882. The third kappa shape index (κ3) is 1.86. The Bertz CT molecular complexity index is 504. The number of carbonyl (C=O) groups excluding carboxylic acids is 1. The van der Waals surface area contributed by atoms with Crippen LogP contribution in [0.15, 0.2) is 30.3 Å². The van der Waals surface area contributed by atoms with E-state index >= 15 is 0 Å². The van der Waals surface area contributed by atoms with Crippen molar-refractivity contribution in [2.45, 2.75) is 37.4 Å². The highest BCUT2D eigenvalue weighted by molar-refractivity contribution is 5.85. The van der Waals surface area contributed by atoms with Crippen LogP contribution in [0.2, 0.25) is 0 Å². The van der Waals surface area contributed by atoms with Crippen molar-refractivity contribution in [3.05, 3.63) is 35.9 Å². The average molecular weight is 271 g/mol. The number of carbonyl (C=O) groups is 1. The summed E-state index contributed by atoms with van der Waals surface area (Å²) in [6, 6.07) is 11.0. The maximum atomic E-state index is 12.7. The molecule has 3 aliphatic heterocycles. The van der Waals surface area contributed by atoms with E-state index < -0.39 is 0 Å². The van der Waals surface area contributed by atoms with Gasteiger partial charge in [0.05, 0.1) is 6.67 Å².